The third-order valence-corrected chi connectivity index (χ3v) is 3.70. The second kappa shape index (κ2) is 6.35. The van der Waals surface area contributed by atoms with Crippen LogP contribution in [0.2, 0.25) is 0 Å². The van der Waals surface area contributed by atoms with E-state index in [-0.39, 0.29) is 5.91 Å². The summed E-state index contributed by atoms with van der Waals surface area (Å²) in [6, 6.07) is 8.25. The smallest absolute Gasteiger partial charge is 0.251 e. The molecule has 1 aliphatic rings. The van der Waals surface area contributed by atoms with Crippen molar-refractivity contribution in [2.24, 2.45) is 0 Å². The maximum atomic E-state index is 11.8. The highest BCUT2D eigenvalue weighted by Crippen LogP contribution is 2.09. The van der Waals surface area contributed by atoms with Gasteiger partial charge < -0.3 is 10.6 Å². The van der Waals surface area contributed by atoms with E-state index in [9.17, 15) is 4.79 Å². The normalized spacial score (nSPS) is 19.2. The van der Waals surface area contributed by atoms with Crippen molar-refractivity contribution in [3.05, 3.63) is 33.4 Å². The molecule has 1 fully saturated rings. The lowest BCUT2D eigenvalue weighted by Crippen LogP contribution is -2.30. The van der Waals surface area contributed by atoms with Crippen molar-refractivity contribution < 1.29 is 4.79 Å². The molecule has 0 unspecified atom stereocenters. The van der Waals surface area contributed by atoms with E-state index in [1.54, 1.807) is 0 Å². The van der Waals surface area contributed by atoms with E-state index in [1.807, 2.05) is 24.3 Å². The molecule has 17 heavy (non-hydrogen) atoms. The minimum atomic E-state index is 0.0292. The Morgan fingerprint density at radius 1 is 1.53 bits per heavy atom. The lowest BCUT2D eigenvalue weighted by Gasteiger charge is -2.10. The molecule has 1 aromatic carbocycles. The minimum absolute atomic E-state index is 0.0292. The van der Waals surface area contributed by atoms with E-state index in [0.717, 1.165) is 28.6 Å². The van der Waals surface area contributed by atoms with Crippen LogP contribution in [0.4, 0.5) is 0 Å². The summed E-state index contributed by atoms with van der Waals surface area (Å²) in [7, 11) is 0. The van der Waals surface area contributed by atoms with Crippen LogP contribution in [0.5, 0.6) is 0 Å². The van der Waals surface area contributed by atoms with Crippen molar-refractivity contribution >= 4 is 28.5 Å². The number of hydrogen-bond acceptors (Lipinski definition) is 2. The van der Waals surface area contributed by atoms with E-state index < -0.39 is 0 Å². The molecule has 0 saturated carbocycles. The Morgan fingerprint density at radius 3 is 3.12 bits per heavy atom. The van der Waals surface area contributed by atoms with Crippen molar-refractivity contribution in [2.75, 3.05) is 13.1 Å². The zero-order valence-corrected chi connectivity index (χ0v) is 11.9. The topological polar surface area (TPSA) is 41.1 Å². The molecule has 92 valence electrons. The van der Waals surface area contributed by atoms with Crippen LogP contribution in [0.3, 0.4) is 0 Å². The summed E-state index contributed by atoms with van der Waals surface area (Å²) in [5.41, 5.74) is 0.747. The molecule has 1 saturated heterocycles. The third kappa shape index (κ3) is 3.96. The molecule has 1 atom stereocenters. The zero-order valence-electron chi connectivity index (χ0n) is 9.71. The molecule has 3 nitrogen and oxygen atoms in total. The van der Waals surface area contributed by atoms with Crippen LogP contribution in [-0.4, -0.2) is 25.0 Å². The fourth-order valence-electron chi connectivity index (χ4n) is 2.09. The standard InChI is InChI=1S/C13H17IN2O/c14-11-4-1-3-10(9-11)13(17)16-8-6-12-5-2-7-15-12/h1,3-4,9,12,15H,2,5-8H2,(H,16,17)/t12-/m0/s1. The Kier molecular flexibility index (Phi) is 4.79. The molecule has 0 aromatic heterocycles. The van der Waals surface area contributed by atoms with Gasteiger partial charge in [-0.3, -0.25) is 4.79 Å². The van der Waals surface area contributed by atoms with E-state index >= 15 is 0 Å². The molecule has 0 spiro atoms. The van der Waals surface area contributed by atoms with Crippen molar-refractivity contribution in [3.8, 4) is 0 Å². The molecule has 0 radical (unpaired) electrons. The Labute approximate surface area is 116 Å². The summed E-state index contributed by atoms with van der Waals surface area (Å²) < 4.78 is 1.09. The van der Waals surface area contributed by atoms with Crippen LogP contribution in [0.25, 0.3) is 0 Å². The quantitative estimate of drug-likeness (QED) is 0.822. The number of nitrogens with one attached hydrogen (secondary N) is 2. The summed E-state index contributed by atoms with van der Waals surface area (Å²) in [6.07, 6.45) is 3.52. The van der Waals surface area contributed by atoms with E-state index in [0.29, 0.717) is 6.04 Å². The highest BCUT2D eigenvalue weighted by atomic mass is 127. The minimum Gasteiger partial charge on any atom is -0.352 e. The SMILES string of the molecule is O=C(NCC[C@@H]1CCCN1)c1cccc(I)c1. The second-order valence-electron chi connectivity index (χ2n) is 4.35. The van der Waals surface area contributed by atoms with Gasteiger partial charge in [0, 0.05) is 21.7 Å². The lowest BCUT2D eigenvalue weighted by molar-refractivity contribution is 0.0952. The van der Waals surface area contributed by atoms with Crippen LogP contribution < -0.4 is 10.6 Å². The fraction of sp³-hybridized carbons (Fsp3) is 0.462. The number of rotatable bonds is 4. The summed E-state index contributed by atoms with van der Waals surface area (Å²) in [6.45, 7) is 1.87. The molecular formula is C13H17IN2O. The van der Waals surface area contributed by atoms with Gasteiger partial charge in [-0.2, -0.15) is 0 Å². The Bertz CT molecular complexity index is 389. The predicted molar refractivity (Wildman–Crippen MR) is 77.1 cm³/mol. The van der Waals surface area contributed by atoms with Crippen molar-refractivity contribution in [2.45, 2.75) is 25.3 Å². The van der Waals surface area contributed by atoms with Crippen LogP contribution in [0.1, 0.15) is 29.6 Å². The maximum Gasteiger partial charge on any atom is 0.251 e. The van der Waals surface area contributed by atoms with Gasteiger partial charge in [0.25, 0.3) is 5.91 Å². The predicted octanol–water partition coefficient (Wildman–Crippen LogP) is 2.16. The van der Waals surface area contributed by atoms with Crippen LogP contribution in [0.15, 0.2) is 24.3 Å². The average Bonchev–Trinajstić information content (AvgIpc) is 2.82. The number of amides is 1. The summed E-state index contributed by atoms with van der Waals surface area (Å²) in [5, 5.41) is 6.40. The molecule has 0 aliphatic carbocycles. The number of carbonyl (C=O) groups excluding carboxylic acids is 1. The van der Waals surface area contributed by atoms with Gasteiger partial charge in [-0.1, -0.05) is 6.07 Å². The first-order chi connectivity index (χ1) is 8.25. The zero-order chi connectivity index (χ0) is 12.1. The molecule has 1 amide bonds. The number of hydrogen-bond donors (Lipinski definition) is 2. The molecule has 1 aliphatic heterocycles. The number of carbonyl (C=O) groups is 1. The highest BCUT2D eigenvalue weighted by Gasteiger charge is 2.13. The summed E-state index contributed by atoms with van der Waals surface area (Å²) in [4.78, 5) is 11.8. The van der Waals surface area contributed by atoms with Gasteiger partial charge in [0.2, 0.25) is 0 Å². The van der Waals surface area contributed by atoms with Gasteiger partial charge in [-0.15, -0.1) is 0 Å². The highest BCUT2D eigenvalue weighted by molar-refractivity contribution is 14.1. The molecule has 1 heterocycles. The number of halogens is 1. The first kappa shape index (κ1) is 12.8. The van der Waals surface area contributed by atoms with Gasteiger partial charge in [0.05, 0.1) is 0 Å². The first-order valence-corrected chi connectivity index (χ1v) is 7.11. The van der Waals surface area contributed by atoms with Gasteiger partial charge >= 0.3 is 0 Å². The fourth-order valence-corrected chi connectivity index (χ4v) is 2.64. The molecule has 2 rings (SSSR count). The van der Waals surface area contributed by atoms with Gasteiger partial charge in [0.15, 0.2) is 0 Å². The van der Waals surface area contributed by atoms with Crippen LogP contribution in [-0.2, 0) is 0 Å². The molecule has 2 N–H and O–H groups in total. The van der Waals surface area contributed by atoms with Gasteiger partial charge in [-0.05, 0) is 66.6 Å². The maximum absolute atomic E-state index is 11.8. The third-order valence-electron chi connectivity index (χ3n) is 3.03. The molecular weight excluding hydrogens is 327 g/mol. The van der Waals surface area contributed by atoms with Crippen LogP contribution >= 0.6 is 22.6 Å². The second-order valence-corrected chi connectivity index (χ2v) is 5.59. The van der Waals surface area contributed by atoms with Gasteiger partial charge in [-0.25, -0.2) is 0 Å². The van der Waals surface area contributed by atoms with Crippen molar-refractivity contribution in [1.82, 2.24) is 10.6 Å². The Hall–Kier alpha value is -0.620. The monoisotopic (exact) mass is 344 g/mol. The molecule has 0 bridgehead atoms. The van der Waals surface area contributed by atoms with E-state index in [4.69, 9.17) is 0 Å². The molecule has 1 aromatic rings. The lowest BCUT2D eigenvalue weighted by atomic mass is 10.1. The van der Waals surface area contributed by atoms with Crippen LogP contribution in [0, 0.1) is 3.57 Å². The largest absolute Gasteiger partial charge is 0.352 e. The van der Waals surface area contributed by atoms with Gasteiger partial charge in [0.1, 0.15) is 0 Å². The number of benzene rings is 1. The van der Waals surface area contributed by atoms with Crippen molar-refractivity contribution in [1.29, 1.82) is 0 Å². The Balaban J connectivity index is 1.77. The Morgan fingerprint density at radius 2 is 2.41 bits per heavy atom. The van der Waals surface area contributed by atoms with E-state index in [1.165, 1.54) is 12.8 Å². The molecule has 4 heteroatoms. The summed E-state index contributed by atoms with van der Waals surface area (Å²) >= 11 is 2.22. The first-order valence-electron chi connectivity index (χ1n) is 6.03. The van der Waals surface area contributed by atoms with Crippen molar-refractivity contribution in [3.63, 3.8) is 0 Å². The van der Waals surface area contributed by atoms with E-state index in [2.05, 4.69) is 33.2 Å². The summed E-state index contributed by atoms with van der Waals surface area (Å²) in [5.74, 6) is 0.0292. The average molecular weight is 344 g/mol.